The first-order valence-corrected chi connectivity index (χ1v) is 14.9. The van der Waals surface area contributed by atoms with Gasteiger partial charge < -0.3 is 10.1 Å². The number of carbonyl (C=O) groups is 1. The number of thiophene rings is 1. The molecule has 210 valence electrons. The van der Waals surface area contributed by atoms with E-state index in [0.29, 0.717) is 29.0 Å². The van der Waals surface area contributed by atoms with E-state index in [4.69, 9.17) is 17.0 Å². The highest BCUT2D eigenvalue weighted by molar-refractivity contribution is 7.80. The van der Waals surface area contributed by atoms with Gasteiger partial charge in [0.2, 0.25) is 0 Å². The number of aromatic nitrogens is 3. The van der Waals surface area contributed by atoms with Crippen molar-refractivity contribution in [3.05, 3.63) is 96.2 Å². The minimum absolute atomic E-state index is 0.0509. The number of thiocarbonyl (C=S) groups is 1. The van der Waals surface area contributed by atoms with Gasteiger partial charge in [-0.1, -0.05) is 55.5 Å². The van der Waals surface area contributed by atoms with E-state index in [-0.39, 0.29) is 18.0 Å². The third-order valence-electron chi connectivity index (χ3n) is 6.49. The predicted octanol–water partition coefficient (Wildman–Crippen LogP) is 7.21. The van der Waals surface area contributed by atoms with Gasteiger partial charge in [0.25, 0.3) is 0 Å². The van der Waals surface area contributed by atoms with Crippen molar-refractivity contribution in [1.29, 1.82) is 0 Å². The molecule has 1 N–H and O–H groups in total. The molecular formula is C32H31FN4O2S2. The molecule has 0 fully saturated rings. The molecule has 41 heavy (non-hydrogen) atoms. The molecule has 0 aliphatic carbocycles. The van der Waals surface area contributed by atoms with Crippen LogP contribution in [0.15, 0.2) is 79.3 Å². The number of carbonyl (C=O) groups excluding carboxylic acids is 1. The Bertz CT molecular complexity index is 1650. The summed E-state index contributed by atoms with van der Waals surface area (Å²) in [5.74, 6) is 0.223. The monoisotopic (exact) mass is 586 g/mol. The van der Waals surface area contributed by atoms with Crippen molar-refractivity contribution in [2.45, 2.75) is 39.2 Å². The number of nitrogens with zero attached hydrogens (tertiary/aromatic N) is 3. The van der Waals surface area contributed by atoms with Crippen molar-refractivity contribution in [3.8, 4) is 21.9 Å². The highest BCUT2D eigenvalue weighted by Crippen LogP contribution is 2.39. The molecule has 6 nitrogen and oxygen atoms in total. The molecule has 5 aromatic rings. The molecule has 0 bridgehead atoms. The van der Waals surface area contributed by atoms with E-state index in [1.165, 1.54) is 17.4 Å². The fourth-order valence-corrected chi connectivity index (χ4v) is 5.87. The van der Waals surface area contributed by atoms with Gasteiger partial charge in [-0.15, -0.1) is 11.3 Å². The first-order valence-electron chi connectivity index (χ1n) is 13.6. The Labute approximate surface area is 248 Å². The maximum atomic E-state index is 15.1. The van der Waals surface area contributed by atoms with Crippen LogP contribution >= 0.6 is 23.6 Å². The first kappa shape index (κ1) is 28.7. The molecule has 3 aromatic heterocycles. The Kier molecular flexibility index (Phi) is 9.61. The van der Waals surface area contributed by atoms with E-state index in [9.17, 15) is 4.79 Å². The van der Waals surface area contributed by atoms with Crippen molar-refractivity contribution in [2.24, 2.45) is 0 Å². The van der Waals surface area contributed by atoms with E-state index in [0.717, 1.165) is 52.3 Å². The van der Waals surface area contributed by atoms with E-state index in [1.807, 2.05) is 53.5 Å². The van der Waals surface area contributed by atoms with Crippen LogP contribution in [-0.2, 0) is 24.2 Å². The third-order valence-corrected chi connectivity index (χ3v) is 7.97. The Hall–Kier alpha value is -3.79. The summed E-state index contributed by atoms with van der Waals surface area (Å²) in [5.41, 5.74) is 3.44. The zero-order valence-corrected chi connectivity index (χ0v) is 24.4. The zero-order chi connectivity index (χ0) is 28.6. The highest BCUT2D eigenvalue weighted by Gasteiger charge is 2.15. The first-order chi connectivity index (χ1) is 20.0. The molecule has 0 aliphatic heterocycles. The molecule has 0 unspecified atom stereocenters. The van der Waals surface area contributed by atoms with Gasteiger partial charge in [-0.25, -0.2) is 4.39 Å². The Morgan fingerprint density at radius 2 is 1.90 bits per heavy atom. The fourth-order valence-electron chi connectivity index (χ4n) is 4.50. The maximum absolute atomic E-state index is 15.1. The summed E-state index contributed by atoms with van der Waals surface area (Å²) in [6.45, 7) is 4.79. The summed E-state index contributed by atoms with van der Waals surface area (Å²) in [4.78, 5) is 18.5. The molecule has 3 heterocycles. The smallest absolute Gasteiger partial charge is 0.166 e. The zero-order valence-electron chi connectivity index (χ0n) is 22.8. The summed E-state index contributed by atoms with van der Waals surface area (Å²) in [7, 11) is 0. The van der Waals surface area contributed by atoms with Gasteiger partial charge in [0.05, 0.1) is 23.0 Å². The molecule has 0 saturated carbocycles. The number of pyridine rings is 1. The van der Waals surface area contributed by atoms with Crippen LogP contribution in [0, 0.1) is 5.82 Å². The second-order valence-corrected chi connectivity index (χ2v) is 11.5. The number of Topliss-reactive ketones (excluding diaryl/α,β-unsaturated/α-hetero) is 1. The van der Waals surface area contributed by atoms with Crippen molar-refractivity contribution in [1.82, 2.24) is 20.1 Å². The standard InChI is InChI=1S/C32H31FN4O2S2/c1-2-11-34-13-14-37-21-24(20-36-37)31-19-28-32(41-31)30(10-12-35-28)39-29-9-8-23(17-27(29)33)16-26(40)18-25(38)15-22-6-4-3-5-7-22/h3-10,12,17,19-21,34H,2,11,13-16,18H2,1H3. The van der Waals surface area contributed by atoms with Crippen molar-refractivity contribution in [2.75, 3.05) is 13.1 Å². The largest absolute Gasteiger partial charge is 0.453 e. The third kappa shape index (κ3) is 7.70. The number of ether oxygens (including phenoxy) is 1. The van der Waals surface area contributed by atoms with E-state index in [1.54, 1.807) is 24.4 Å². The lowest BCUT2D eigenvalue weighted by molar-refractivity contribution is -0.117. The lowest BCUT2D eigenvalue weighted by Gasteiger charge is -2.10. The molecule has 2 aromatic carbocycles. The van der Waals surface area contributed by atoms with Crippen molar-refractivity contribution >= 4 is 44.4 Å². The van der Waals surface area contributed by atoms with Gasteiger partial charge in [-0.3, -0.25) is 14.5 Å². The van der Waals surface area contributed by atoms with Crippen LogP contribution in [0.2, 0.25) is 0 Å². The molecule has 0 saturated heterocycles. The van der Waals surface area contributed by atoms with E-state index < -0.39 is 5.82 Å². The summed E-state index contributed by atoms with van der Waals surface area (Å²) < 4.78 is 23.9. The number of hydrogen-bond donors (Lipinski definition) is 1. The van der Waals surface area contributed by atoms with Crippen molar-refractivity contribution in [3.63, 3.8) is 0 Å². The van der Waals surface area contributed by atoms with Gasteiger partial charge in [0.15, 0.2) is 11.6 Å². The normalized spacial score (nSPS) is 11.2. The number of ketones is 1. The number of nitrogens with one attached hydrogen (secondary N) is 1. The minimum Gasteiger partial charge on any atom is -0.453 e. The van der Waals surface area contributed by atoms with Crippen LogP contribution in [0.1, 0.15) is 30.9 Å². The topological polar surface area (TPSA) is 69.0 Å². The summed E-state index contributed by atoms with van der Waals surface area (Å²) in [6.07, 6.45) is 7.51. The molecule has 0 spiro atoms. The molecule has 0 aliphatic rings. The highest BCUT2D eigenvalue weighted by atomic mass is 32.1. The lowest BCUT2D eigenvalue weighted by atomic mass is 10.0. The lowest BCUT2D eigenvalue weighted by Crippen LogP contribution is -2.20. The van der Waals surface area contributed by atoms with Gasteiger partial charge in [0, 0.05) is 59.6 Å². The van der Waals surface area contributed by atoms with Crippen LogP contribution in [0.4, 0.5) is 4.39 Å². The maximum Gasteiger partial charge on any atom is 0.166 e. The van der Waals surface area contributed by atoms with Gasteiger partial charge in [-0.2, -0.15) is 5.10 Å². The number of fused-ring (bicyclic) bond motifs is 1. The molecule has 0 amide bonds. The SMILES string of the molecule is CCCNCCn1cc(-c2cc3nccc(Oc4ccc(CC(=S)CC(=O)Cc5ccccc5)cc4F)c3s2)cn1. The number of halogens is 1. The Balaban J connectivity index is 1.23. The van der Waals surface area contributed by atoms with Crippen LogP contribution < -0.4 is 10.1 Å². The molecule has 0 radical (unpaired) electrons. The van der Waals surface area contributed by atoms with Crippen LogP contribution in [0.3, 0.4) is 0 Å². The quantitative estimate of drug-likeness (QED) is 0.110. The minimum atomic E-state index is -0.486. The van der Waals surface area contributed by atoms with E-state index in [2.05, 4.69) is 22.3 Å². The Morgan fingerprint density at radius 1 is 1.05 bits per heavy atom. The van der Waals surface area contributed by atoms with Gasteiger partial charge in [0.1, 0.15) is 11.5 Å². The summed E-state index contributed by atoms with van der Waals surface area (Å²) >= 11 is 6.99. The molecule has 0 atom stereocenters. The molecular weight excluding hydrogens is 556 g/mol. The van der Waals surface area contributed by atoms with Crippen molar-refractivity contribution < 1.29 is 13.9 Å². The second kappa shape index (κ2) is 13.7. The molecule has 9 heteroatoms. The van der Waals surface area contributed by atoms with Crippen LogP contribution in [-0.4, -0.2) is 38.5 Å². The second-order valence-electron chi connectivity index (χ2n) is 9.84. The molecule has 5 rings (SSSR count). The number of rotatable bonds is 14. The van der Waals surface area contributed by atoms with Crippen LogP contribution in [0.5, 0.6) is 11.5 Å². The van der Waals surface area contributed by atoms with Gasteiger partial charge in [-0.05, 0) is 42.3 Å². The fraction of sp³-hybridized carbons (Fsp3) is 0.250. The summed E-state index contributed by atoms with van der Waals surface area (Å²) in [6, 6.07) is 18.1. The Morgan fingerprint density at radius 3 is 2.71 bits per heavy atom. The average molecular weight is 587 g/mol. The van der Waals surface area contributed by atoms with Crippen LogP contribution in [0.25, 0.3) is 20.7 Å². The number of benzene rings is 2. The number of hydrogen-bond acceptors (Lipinski definition) is 7. The predicted molar refractivity (Wildman–Crippen MR) is 167 cm³/mol. The average Bonchev–Trinajstić information content (AvgIpc) is 3.61. The van der Waals surface area contributed by atoms with Gasteiger partial charge >= 0.3 is 0 Å². The summed E-state index contributed by atoms with van der Waals surface area (Å²) in [5, 5.41) is 7.86. The van der Waals surface area contributed by atoms with E-state index >= 15 is 4.39 Å².